The molecule has 0 saturated heterocycles. The fraction of sp³-hybridized carbons (Fsp3) is 0.455. The van der Waals surface area contributed by atoms with Crippen LogP contribution in [0.4, 0.5) is 0 Å². The van der Waals surface area contributed by atoms with Gasteiger partial charge in [-0.1, -0.05) is 25.1 Å². The first kappa shape index (κ1) is 10.1. The minimum atomic E-state index is 0.945. The van der Waals surface area contributed by atoms with Crippen molar-refractivity contribution in [2.45, 2.75) is 13.5 Å². The number of benzene rings is 1. The predicted octanol–water partition coefficient (Wildman–Crippen LogP) is 2.15. The van der Waals surface area contributed by atoms with Crippen LogP contribution < -0.4 is 4.74 Å². The quantitative estimate of drug-likeness (QED) is 0.702. The van der Waals surface area contributed by atoms with Crippen LogP contribution in [-0.2, 0) is 6.54 Å². The van der Waals surface area contributed by atoms with Gasteiger partial charge in [0.15, 0.2) is 0 Å². The zero-order chi connectivity index (χ0) is 9.68. The Balaban J connectivity index is 2.74. The summed E-state index contributed by atoms with van der Waals surface area (Å²) in [5.41, 5.74) is 1.24. The van der Waals surface area contributed by atoms with Crippen molar-refractivity contribution in [2.75, 3.05) is 20.7 Å². The van der Waals surface area contributed by atoms with Gasteiger partial charge in [0.05, 0.1) is 7.11 Å². The summed E-state index contributed by atoms with van der Waals surface area (Å²) in [4.78, 5) is 2.25. The number of rotatable bonds is 4. The van der Waals surface area contributed by atoms with E-state index in [0.29, 0.717) is 0 Å². The summed E-state index contributed by atoms with van der Waals surface area (Å²) in [6.07, 6.45) is 0. The molecule has 0 unspecified atom stereocenters. The molecule has 0 N–H and O–H groups in total. The Hall–Kier alpha value is -1.02. The highest BCUT2D eigenvalue weighted by Crippen LogP contribution is 2.18. The van der Waals surface area contributed by atoms with Crippen molar-refractivity contribution < 1.29 is 4.74 Å². The molecule has 0 radical (unpaired) electrons. The molecular formula is C11H17NO. The van der Waals surface area contributed by atoms with Crippen molar-refractivity contribution in [1.82, 2.24) is 4.90 Å². The van der Waals surface area contributed by atoms with Crippen LogP contribution in [0, 0.1) is 0 Å². The monoisotopic (exact) mass is 179 g/mol. The van der Waals surface area contributed by atoms with Gasteiger partial charge in [0, 0.05) is 12.1 Å². The third kappa shape index (κ3) is 2.74. The molecule has 0 aliphatic heterocycles. The third-order valence-electron chi connectivity index (χ3n) is 2.17. The minimum absolute atomic E-state index is 0.945. The SMILES string of the molecule is CCN(C)Cc1ccccc1OC. The fourth-order valence-corrected chi connectivity index (χ4v) is 1.24. The minimum Gasteiger partial charge on any atom is -0.496 e. The van der Waals surface area contributed by atoms with E-state index in [1.54, 1.807) is 7.11 Å². The maximum Gasteiger partial charge on any atom is 0.123 e. The lowest BCUT2D eigenvalue weighted by molar-refractivity contribution is 0.333. The van der Waals surface area contributed by atoms with Crippen LogP contribution in [0.5, 0.6) is 5.75 Å². The van der Waals surface area contributed by atoms with E-state index in [-0.39, 0.29) is 0 Å². The molecule has 2 heteroatoms. The van der Waals surface area contributed by atoms with Crippen molar-refractivity contribution in [1.29, 1.82) is 0 Å². The summed E-state index contributed by atoms with van der Waals surface area (Å²) in [5, 5.41) is 0. The molecule has 72 valence electrons. The Morgan fingerprint density at radius 2 is 2.00 bits per heavy atom. The number of ether oxygens (including phenoxy) is 1. The molecule has 0 spiro atoms. The van der Waals surface area contributed by atoms with Crippen LogP contribution in [0.15, 0.2) is 24.3 Å². The van der Waals surface area contributed by atoms with Crippen molar-refractivity contribution in [2.24, 2.45) is 0 Å². The van der Waals surface area contributed by atoms with Crippen LogP contribution >= 0.6 is 0 Å². The van der Waals surface area contributed by atoms with Crippen LogP contribution in [0.1, 0.15) is 12.5 Å². The average molecular weight is 179 g/mol. The summed E-state index contributed by atoms with van der Waals surface area (Å²) in [7, 11) is 3.82. The molecular weight excluding hydrogens is 162 g/mol. The van der Waals surface area contributed by atoms with Gasteiger partial charge in [-0.05, 0) is 19.7 Å². The lowest BCUT2D eigenvalue weighted by Gasteiger charge is -2.15. The maximum atomic E-state index is 5.26. The van der Waals surface area contributed by atoms with E-state index >= 15 is 0 Å². The van der Waals surface area contributed by atoms with E-state index < -0.39 is 0 Å². The first-order valence-electron chi connectivity index (χ1n) is 4.58. The molecule has 0 fully saturated rings. The second kappa shape index (κ2) is 4.87. The molecule has 2 nitrogen and oxygen atoms in total. The topological polar surface area (TPSA) is 12.5 Å². The lowest BCUT2D eigenvalue weighted by Crippen LogP contribution is -2.17. The number of hydrogen-bond donors (Lipinski definition) is 0. The lowest BCUT2D eigenvalue weighted by atomic mass is 10.2. The maximum absolute atomic E-state index is 5.26. The van der Waals surface area contributed by atoms with Gasteiger partial charge in [-0.3, -0.25) is 0 Å². The van der Waals surface area contributed by atoms with Crippen LogP contribution in [-0.4, -0.2) is 25.6 Å². The summed E-state index contributed by atoms with van der Waals surface area (Å²) in [6.45, 7) is 4.15. The Labute approximate surface area is 80.1 Å². The molecule has 0 amide bonds. The van der Waals surface area contributed by atoms with Crippen LogP contribution in [0.25, 0.3) is 0 Å². The molecule has 0 bridgehead atoms. The van der Waals surface area contributed by atoms with Gasteiger partial charge in [0.1, 0.15) is 5.75 Å². The van der Waals surface area contributed by atoms with Gasteiger partial charge in [0.2, 0.25) is 0 Å². The second-order valence-corrected chi connectivity index (χ2v) is 3.14. The Kier molecular flexibility index (Phi) is 3.77. The molecule has 0 saturated carbocycles. The van der Waals surface area contributed by atoms with Crippen LogP contribution in [0.3, 0.4) is 0 Å². The van der Waals surface area contributed by atoms with E-state index in [2.05, 4.69) is 24.9 Å². The molecule has 1 aromatic rings. The molecule has 13 heavy (non-hydrogen) atoms. The normalized spacial score (nSPS) is 10.5. The van der Waals surface area contributed by atoms with E-state index in [1.165, 1.54) is 5.56 Å². The molecule has 0 aliphatic carbocycles. The highest BCUT2D eigenvalue weighted by Gasteiger charge is 2.02. The second-order valence-electron chi connectivity index (χ2n) is 3.14. The zero-order valence-corrected chi connectivity index (χ0v) is 8.58. The largest absolute Gasteiger partial charge is 0.496 e. The first-order chi connectivity index (χ1) is 6.27. The number of para-hydroxylation sites is 1. The summed E-state index contributed by atoms with van der Waals surface area (Å²) < 4.78 is 5.26. The zero-order valence-electron chi connectivity index (χ0n) is 8.58. The number of methoxy groups -OCH3 is 1. The van der Waals surface area contributed by atoms with Gasteiger partial charge < -0.3 is 9.64 Å². The molecule has 0 atom stereocenters. The van der Waals surface area contributed by atoms with Gasteiger partial charge in [-0.15, -0.1) is 0 Å². The summed E-state index contributed by atoms with van der Waals surface area (Å²) in [6, 6.07) is 8.14. The molecule has 1 aromatic carbocycles. The first-order valence-corrected chi connectivity index (χ1v) is 4.58. The van der Waals surface area contributed by atoms with E-state index in [4.69, 9.17) is 4.74 Å². The Morgan fingerprint density at radius 3 is 2.62 bits per heavy atom. The predicted molar refractivity (Wildman–Crippen MR) is 55.0 cm³/mol. The third-order valence-corrected chi connectivity index (χ3v) is 2.17. The molecule has 0 aliphatic rings. The van der Waals surface area contributed by atoms with Gasteiger partial charge in [-0.25, -0.2) is 0 Å². The Morgan fingerprint density at radius 1 is 1.31 bits per heavy atom. The number of hydrogen-bond acceptors (Lipinski definition) is 2. The van der Waals surface area contributed by atoms with Crippen molar-refractivity contribution >= 4 is 0 Å². The Bertz CT molecular complexity index is 260. The summed E-state index contributed by atoms with van der Waals surface area (Å²) in [5.74, 6) is 0.975. The number of nitrogens with zero attached hydrogens (tertiary/aromatic N) is 1. The fourth-order valence-electron chi connectivity index (χ4n) is 1.24. The van der Waals surface area contributed by atoms with E-state index in [9.17, 15) is 0 Å². The van der Waals surface area contributed by atoms with Gasteiger partial charge in [0.25, 0.3) is 0 Å². The van der Waals surface area contributed by atoms with Crippen molar-refractivity contribution in [3.8, 4) is 5.75 Å². The van der Waals surface area contributed by atoms with E-state index in [0.717, 1.165) is 18.8 Å². The van der Waals surface area contributed by atoms with E-state index in [1.807, 2.05) is 18.2 Å². The van der Waals surface area contributed by atoms with Crippen LogP contribution in [0.2, 0.25) is 0 Å². The molecule has 0 heterocycles. The van der Waals surface area contributed by atoms with Crippen molar-refractivity contribution in [3.05, 3.63) is 29.8 Å². The molecule has 1 rings (SSSR count). The highest BCUT2D eigenvalue weighted by molar-refractivity contribution is 5.32. The standard InChI is InChI=1S/C11H17NO/c1-4-12(2)9-10-7-5-6-8-11(10)13-3/h5-8H,4,9H2,1-3H3. The average Bonchev–Trinajstić information content (AvgIpc) is 2.18. The van der Waals surface area contributed by atoms with Gasteiger partial charge >= 0.3 is 0 Å². The van der Waals surface area contributed by atoms with Crippen molar-refractivity contribution in [3.63, 3.8) is 0 Å². The highest BCUT2D eigenvalue weighted by atomic mass is 16.5. The summed E-state index contributed by atoms with van der Waals surface area (Å²) >= 11 is 0. The molecule has 0 aromatic heterocycles. The van der Waals surface area contributed by atoms with Gasteiger partial charge in [-0.2, -0.15) is 0 Å². The smallest absolute Gasteiger partial charge is 0.123 e.